The summed E-state index contributed by atoms with van der Waals surface area (Å²) in [6.07, 6.45) is 3.66. The molecule has 25 heavy (non-hydrogen) atoms. The number of hydrogen-bond donors (Lipinski definition) is 2. The summed E-state index contributed by atoms with van der Waals surface area (Å²) in [5.74, 6) is -0.409. The summed E-state index contributed by atoms with van der Waals surface area (Å²) in [6.45, 7) is 0.308. The molecular formula is C18H18N4O2S. The quantitative estimate of drug-likeness (QED) is 0.690. The highest BCUT2D eigenvalue weighted by Crippen LogP contribution is 2.15. The van der Waals surface area contributed by atoms with Crippen LogP contribution in [-0.2, 0) is 13.6 Å². The van der Waals surface area contributed by atoms with E-state index in [-0.39, 0.29) is 5.56 Å². The van der Waals surface area contributed by atoms with Crippen molar-refractivity contribution < 1.29 is 4.79 Å². The topological polar surface area (TPSA) is 79.8 Å². The molecular weight excluding hydrogens is 336 g/mol. The molecule has 1 amide bonds. The Bertz CT molecular complexity index is 947. The number of nitrogens with one attached hydrogen (secondary N) is 2. The fourth-order valence-electron chi connectivity index (χ4n) is 2.48. The van der Waals surface area contributed by atoms with Crippen molar-refractivity contribution in [2.24, 2.45) is 7.05 Å². The van der Waals surface area contributed by atoms with E-state index in [0.717, 1.165) is 16.4 Å². The van der Waals surface area contributed by atoms with Gasteiger partial charge >= 0.3 is 0 Å². The summed E-state index contributed by atoms with van der Waals surface area (Å²) < 4.78 is 1.91. The Morgan fingerprint density at radius 2 is 2.00 bits per heavy atom. The van der Waals surface area contributed by atoms with Gasteiger partial charge in [-0.2, -0.15) is 0 Å². The second-order valence-corrected chi connectivity index (χ2v) is 6.23. The minimum Gasteiger partial charge on any atom is -0.346 e. The highest BCUT2D eigenvalue weighted by atomic mass is 32.2. The summed E-state index contributed by atoms with van der Waals surface area (Å²) in [5, 5.41) is 3.63. The van der Waals surface area contributed by atoms with Crippen molar-refractivity contribution in [3.63, 3.8) is 0 Å². The Balaban J connectivity index is 1.74. The van der Waals surface area contributed by atoms with Crippen LogP contribution < -0.4 is 10.9 Å². The summed E-state index contributed by atoms with van der Waals surface area (Å²) in [4.78, 5) is 31.6. The summed E-state index contributed by atoms with van der Waals surface area (Å²) in [6, 6.07) is 12.8. The third-order valence-corrected chi connectivity index (χ3v) is 4.64. The van der Waals surface area contributed by atoms with Gasteiger partial charge in [0.2, 0.25) is 0 Å². The Labute approximate surface area is 149 Å². The summed E-state index contributed by atoms with van der Waals surface area (Å²) in [7, 11) is 1.89. The van der Waals surface area contributed by atoms with Crippen LogP contribution in [0.15, 0.2) is 58.6 Å². The molecule has 0 aliphatic rings. The van der Waals surface area contributed by atoms with Crippen LogP contribution in [0.5, 0.6) is 0 Å². The zero-order valence-corrected chi connectivity index (χ0v) is 14.8. The van der Waals surface area contributed by atoms with E-state index in [1.54, 1.807) is 18.3 Å². The molecule has 0 spiro atoms. The lowest BCUT2D eigenvalue weighted by Crippen LogP contribution is -2.29. The van der Waals surface area contributed by atoms with Crippen molar-refractivity contribution in [3.05, 3.63) is 70.3 Å². The van der Waals surface area contributed by atoms with E-state index in [2.05, 4.69) is 15.3 Å². The first kappa shape index (κ1) is 17.0. The molecule has 0 saturated heterocycles. The van der Waals surface area contributed by atoms with Crippen LogP contribution in [0.1, 0.15) is 16.1 Å². The van der Waals surface area contributed by atoms with Crippen molar-refractivity contribution in [1.82, 2.24) is 19.9 Å². The zero-order valence-electron chi connectivity index (χ0n) is 13.9. The number of aromatic amines is 1. The number of benzene rings is 1. The predicted molar refractivity (Wildman–Crippen MR) is 98.7 cm³/mol. The molecule has 128 valence electrons. The van der Waals surface area contributed by atoms with E-state index in [9.17, 15) is 9.59 Å². The molecule has 0 radical (unpaired) electrons. The zero-order chi connectivity index (χ0) is 17.8. The SMILES string of the molecule is CSc1ncc(CNC(=O)c2ccc(-c3ccccc3)[nH]c2=O)n1C. The van der Waals surface area contributed by atoms with Gasteiger partial charge in [-0.3, -0.25) is 9.59 Å². The monoisotopic (exact) mass is 354 g/mol. The molecule has 0 atom stereocenters. The third-order valence-electron chi connectivity index (χ3n) is 3.89. The normalized spacial score (nSPS) is 10.6. The Morgan fingerprint density at radius 3 is 2.64 bits per heavy atom. The number of hydrogen-bond acceptors (Lipinski definition) is 4. The molecule has 0 unspecified atom stereocenters. The molecule has 0 aliphatic heterocycles. The summed E-state index contributed by atoms with van der Waals surface area (Å²) >= 11 is 1.53. The number of pyridine rings is 1. The molecule has 2 aromatic heterocycles. The highest BCUT2D eigenvalue weighted by Gasteiger charge is 2.13. The number of imidazole rings is 1. The maximum Gasteiger partial charge on any atom is 0.261 e. The standard InChI is InChI=1S/C18H18N4O2S/c1-22-13(11-20-18(22)25-2)10-19-16(23)14-8-9-15(21-17(14)24)12-6-4-3-5-7-12/h3-9,11H,10H2,1-2H3,(H,19,23)(H,21,24). The smallest absolute Gasteiger partial charge is 0.261 e. The molecule has 0 fully saturated rings. The highest BCUT2D eigenvalue weighted by molar-refractivity contribution is 7.98. The van der Waals surface area contributed by atoms with Crippen LogP contribution in [-0.4, -0.2) is 26.7 Å². The molecule has 3 rings (SSSR count). The first-order valence-electron chi connectivity index (χ1n) is 7.71. The number of carbonyl (C=O) groups is 1. The van der Waals surface area contributed by atoms with Gasteiger partial charge in [0, 0.05) is 12.7 Å². The number of amides is 1. The van der Waals surface area contributed by atoms with Gasteiger partial charge in [-0.1, -0.05) is 42.1 Å². The molecule has 3 aromatic rings. The van der Waals surface area contributed by atoms with E-state index in [0.29, 0.717) is 12.2 Å². The minimum absolute atomic E-state index is 0.0898. The van der Waals surface area contributed by atoms with Crippen LogP contribution in [0.4, 0.5) is 0 Å². The van der Waals surface area contributed by atoms with Crippen molar-refractivity contribution >= 4 is 17.7 Å². The van der Waals surface area contributed by atoms with Crippen molar-refractivity contribution in [2.45, 2.75) is 11.7 Å². The predicted octanol–water partition coefficient (Wildman–Crippen LogP) is 2.43. The van der Waals surface area contributed by atoms with Crippen LogP contribution in [0.25, 0.3) is 11.3 Å². The van der Waals surface area contributed by atoms with Gasteiger partial charge in [-0.25, -0.2) is 4.98 Å². The number of carbonyl (C=O) groups excluding carboxylic acids is 1. The average molecular weight is 354 g/mol. The van der Waals surface area contributed by atoms with E-state index >= 15 is 0 Å². The molecule has 7 heteroatoms. The maximum absolute atomic E-state index is 12.3. The second kappa shape index (κ2) is 7.40. The van der Waals surface area contributed by atoms with Crippen LogP contribution in [0.2, 0.25) is 0 Å². The lowest BCUT2D eigenvalue weighted by atomic mass is 10.1. The van der Waals surface area contributed by atoms with Gasteiger partial charge in [0.05, 0.1) is 18.4 Å². The van der Waals surface area contributed by atoms with Gasteiger partial charge in [0.15, 0.2) is 5.16 Å². The Hall–Kier alpha value is -2.80. The average Bonchev–Trinajstić information content (AvgIpc) is 3.00. The molecule has 2 heterocycles. The number of nitrogens with zero attached hydrogens (tertiary/aromatic N) is 2. The lowest BCUT2D eigenvalue weighted by Gasteiger charge is -2.07. The lowest BCUT2D eigenvalue weighted by molar-refractivity contribution is 0.0948. The first-order valence-corrected chi connectivity index (χ1v) is 8.94. The van der Waals surface area contributed by atoms with E-state index in [4.69, 9.17) is 0 Å². The molecule has 0 aliphatic carbocycles. The minimum atomic E-state index is -0.409. The van der Waals surface area contributed by atoms with E-state index in [1.807, 2.05) is 48.2 Å². The molecule has 6 nitrogen and oxygen atoms in total. The molecule has 0 bridgehead atoms. The second-order valence-electron chi connectivity index (χ2n) is 5.46. The van der Waals surface area contributed by atoms with E-state index < -0.39 is 11.5 Å². The van der Waals surface area contributed by atoms with Gasteiger partial charge in [-0.15, -0.1) is 0 Å². The molecule has 1 aromatic carbocycles. The number of aromatic nitrogens is 3. The number of rotatable bonds is 5. The van der Waals surface area contributed by atoms with Gasteiger partial charge < -0.3 is 14.9 Å². The maximum atomic E-state index is 12.3. The number of H-pyrrole nitrogens is 1. The van der Waals surface area contributed by atoms with Gasteiger partial charge in [0.1, 0.15) is 5.56 Å². The molecule has 0 saturated carbocycles. The van der Waals surface area contributed by atoms with Crippen LogP contribution in [0.3, 0.4) is 0 Å². The number of thioether (sulfide) groups is 1. The Kier molecular flexibility index (Phi) is 5.04. The van der Waals surface area contributed by atoms with Crippen molar-refractivity contribution in [1.29, 1.82) is 0 Å². The fraction of sp³-hybridized carbons (Fsp3) is 0.167. The first-order chi connectivity index (χ1) is 12.1. The van der Waals surface area contributed by atoms with E-state index in [1.165, 1.54) is 11.8 Å². The largest absolute Gasteiger partial charge is 0.346 e. The Morgan fingerprint density at radius 1 is 1.24 bits per heavy atom. The van der Waals surface area contributed by atoms with Crippen molar-refractivity contribution in [2.75, 3.05) is 6.26 Å². The third kappa shape index (κ3) is 3.66. The van der Waals surface area contributed by atoms with Crippen LogP contribution >= 0.6 is 11.8 Å². The van der Waals surface area contributed by atoms with Gasteiger partial charge in [-0.05, 0) is 24.0 Å². The fourth-order valence-corrected chi connectivity index (χ4v) is 3.03. The van der Waals surface area contributed by atoms with Gasteiger partial charge in [0.25, 0.3) is 11.5 Å². The summed E-state index contributed by atoms with van der Waals surface area (Å²) in [5.41, 5.74) is 2.13. The van der Waals surface area contributed by atoms with Crippen molar-refractivity contribution in [3.8, 4) is 11.3 Å². The van der Waals surface area contributed by atoms with Crippen LogP contribution in [0, 0.1) is 0 Å². The molecule has 2 N–H and O–H groups in total.